The second-order valence-corrected chi connectivity index (χ2v) is 8.02. The Morgan fingerprint density at radius 2 is 1.87 bits per heavy atom. The van der Waals surface area contributed by atoms with Crippen molar-refractivity contribution in [1.29, 1.82) is 0 Å². The molecule has 0 amide bonds. The summed E-state index contributed by atoms with van der Waals surface area (Å²) in [6, 6.07) is 13.6. The SMILES string of the molecule is COc1ccc2cc(C(=O)C[C@H]3c4c(cc5c(c4OC)OCO5)CCN3C)ccc2c1. The van der Waals surface area contributed by atoms with Crippen molar-refractivity contribution in [3.05, 3.63) is 59.2 Å². The first kappa shape index (κ1) is 19.7. The van der Waals surface area contributed by atoms with Crippen molar-refractivity contribution in [2.45, 2.75) is 18.9 Å². The zero-order valence-electron chi connectivity index (χ0n) is 17.9. The van der Waals surface area contributed by atoms with Crippen LogP contribution >= 0.6 is 0 Å². The summed E-state index contributed by atoms with van der Waals surface area (Å²) in [6.07, 6.45) is 1.24. The lowest BCUT2D eigenvalue weighted by molar-refractivity contribution is 0.0925. The number of likely N-dealkylation sites (N-methyl/N-ethyl adjacent to an activating group) is 1. The molecule has 2 aliphatic heterocycles. The molecule has 1 atom stereocenters. The normalized spacial score (nSPS) is 17.5. The number of fused-ring (bicyclic) bond motifs is 3. The molecule has 2 heterocycles. The summed E-state index contributed by atoms with van der Waals surface area (Å²) in [6.45, 7) is 1.06. The Morgan fingerprint density at radius 3 is 2.68 bits per heavy atom. The molecule has 0 aliphatic carbocycles. The van der Waals surface area contributed by atoms with E-state index in [9.17, 15) is 4.79 Å². The second kappa shape index (κ2) is 7.78. The van der Waals surface area contributed by atoms with Crippen LogP contribution in [0.3, 0.4) is 0 Å². The zero-order valence-corrected chi connectivity index (χ0v) is 17.9. The van der Waals surface area contributed by atoms with E-state index in [1.807, 2.05) is 42.5 Å². The second-order valence-electron chi connectivity index (χ2n) is 8.02. The van der Waals surface area contributed by atoms with Gasteiger partial charge in [-0.05, 0) is 54.1 Å². The maximum absolute atomic E-state index is 13.3. The van der Waals surface area contributed by atoms with E-state index in [0.717, 1.165) is 46.4 Å². The number of benzene rings is 3. The van der Waals surface area contributed by atoms with Gasteiger partial charge in [0.25, 0.3) is 0 Å². The number of hydrogen-bond acceptors (Lipinski definition) is 6. The van der Waals surface area contributed by atoms with Crippen LogP contribution in [0.1, 0.15) is 33.9 Å². The van der Waals surface area contributed by atoms with Gasteiger partial charge in [0.1, 0.15) is 5.75 Å². The van der Waals surface area contributed by atoms with Crippen LogP contribution in [-0.2, 0) is 6.42 Å². The number of carbonyl (C=O) groups is 1. The van der Waals surface area contributed by atoms with Gasteiger partial charge in [0, 0.05) is 30.1 Å². The lowest BCUT2D eigenvalue weighted by Crippen LogP contribution is -2.34. The van der Waals surface area contributed by atoms with Crippen LogP contribution in [0.15, 0.2) is 42.5 Å². The van der Waals surface area contributed by atoms with E-state index in [1.54, 1.807) is 14.2 Å². The molecule has 0 aromatic heterocycles. The van der Waals surface area contributed by atoms with Crippen LogP contribution in [-0.4, -0.2) is 45.3 Å². The topological polar surface area (TPSA) is 57.2 Å². The quantitative estimate of drug-likeness (QED) is 0.572. The summed E-state index contributed by atoms with van der Waals surface area (Å²) >= 11 is 0. The molecule has 0 fully saturated rings. The molecule has 0 unspecified atom stereocenters. The monoisotopic (exact) mass is 419 g/mol. The van der Waals surface area contributed by atoms with Crippen molar-refractivity contribution in [2.75, 3.05) is 34.6 Å². The van der Waals surface area contributed by atoms with E-state index in [0.29, 0.717) is 23.5 Å². The fourth-order valence-electron chi connectivity index (χ4n) is 4.60. The maximum atomic E-state index is 13.3. The highest BCUT2D eigenvalue weighted by molar-refractivity contribution is 6.00. The minimum atomic E-state index is -0.0905. The number of nitrogens with zero attached hydrogens (tertiary/aromatic N) is 1. The summed E-state index contributed by atoms with van der Waals surface area (Å²) in [5, 5.41) is 2.07. The number of methoxy groups -OCH3 is 2. The highest BCUT2D eigenvalue weighted by atomic mass is 16.7. The van der Waals surface area contributed by atoms with Gasteiger partial charge in [0.05, 0.1) is 14.2 Å². The van der Waals surface area contributed by atoms with E-state index in [1.165, 1.54) is 0 Å². The van der Waals surface area contributed by atoms with Crippen molar-refractivity contribution in [3.8, 4) is 23.0 Å². The predicted octanol–water partition coefficient (Wildman–Crippen LogP) is 4.39. The number of rotatable bonds is 5. The van der Waals surface area contributed by atoms with Crippen molar-refractivity contribution < 1.29 is 23.7 Å². The summed E-state index contributed by atoms with van der Waals surface area (Å²) in [5.41, 5.74) is 2.89. The lowest BCUT2D eigenvalue weighted by atomic mass is 9.87. The lowest BCUT2D eigenvalue weighted by Gasteiger charge is -2.35. The molecule has 0 saturated carbocycles. The van der Waals surface area contributed by atoms with Gasteiger partial charge in [0.15, 0.2) is 17.3 Å². The fourth-order valence-corrected chi connectivity index (χ4v) is 4.60. The van der Waals surface area contributed by atoms with E-state index in [4.69, 9.17) is 18.9 Å². The number of ether oxygens (including phenoxy) is 4. The van der Waals surface area contributed by atoms with Gasteiger partial charge in [-0.1, -0.05) is 18.2 Å². The number of Topliss-reactive ketones (excluding diaryl/α,β-unsaturated/α-hetero) is 1. The molecule has 2 aliphatic rings. The maximum Gasteiger partial charge on any atom is 0.231 e. The van der Waals surface area contributed by atoms with E-state index in [2.05, 4.69) is 11.9 Å². The molecule has 3 aromatic carbocycles. The molecule has 6 heteroatoms. The van der Waals surface area contributed by atoms with Gasteiger partial charge in [-0.15, -0.1) is 0 Å². The molecular weight excluding hydrogens is 394 g/mol. The molecule has 160 valence electrons. The van der Waals surface area contributed by atoms with Crippen LogP contribution < -0.4 is 18.9 Å². The van der Waals surface area contributed by atoms with Gasteiger partial charge in [-0.25, -0.2) is 0 Å². The molecule has 6 nitrogen and oxygen atoms in total. The van der Waals surface area contributed by atoms with Crippen LogP contribution in [0.4, 0.5) is 0 Å². The molecule has 0 saturated heterocycles. The third-order valence-electron chi connectivity index (χ3n) is 6.29. The van der Waals surface area contributed by atoms with Gasteiger partial charge in [0.2, 0.25) is 12.5 Å². The third kappa shape index (κ3) is 3.37. The molecule has 5 rings (SSSR count). The molecule has 0 bridgehead atoms. The molecule has 3 aromatic rings. The average molecular weight is 419 g/mol. The standard InChI is InChI=1S/C25H25NO5/c1-26-9-8-18-12-22-24(31-14-30-22)25(29-3)23(18)20(26)13-21(27)17-5-4-16-11-19(28-2)7-6-15(16)10-17/h4-7,10-12,20H,8-9,13-14H2,1-3H3/t20-/m0/s1. The zero-order chi connectivity index (χ0) is 21.5. The largest absolute Gasteiger partial charge is 0.497 e. The molecule has 0 spiro atoms. The first-order valence-corrected chi connectivity index (χ1v) is 10.4. The summed E-state index contributed by atoms with van der Waals surface area (Å²) in [5.74, 6) is 2.93. The highest BCUT2D eigenvalue weighted by Crippen LogP contribution is 2.50. The molecule has 31 heavy (non-hydrogen) atoms. The van der Waals surface area contributed by atoms with Crippen molar-refractivity contribution in [2.24, 2.45) is 0 Å². The van der Waals surface area contributed by atoms with E-state index >= 15 is 0 Å². The molecule has 0 N–H and O–H groups in total. The minimum absolute atomic E-state index is 0.0905. The smallest absolute Gasteiger partial charge is 0.231 e. The predicted molar refractivity (Wildman–Crippen MR) is 118 cm³/mol. The Labute approximate surface area is 181 Å². The van der Waals surface area contributed by atoms with Crippen molar-refractivity contribution >= 4 is 16.6 Å². The van der Waals surface area contributed by atoms with Gasteiger partial charge >= 0.3 is 0 Å². The Morgan fingerprint density at radius 1 is 1.06 bits per heavy atom. The summed E-state index contributed by atoms with van der Waals surface area (Å²) in [7, 11) is 5.35. The van der Waals surface area contributed by atoms with Crippen molar-refractivity contribution in [3.63, 3.8) is 0 Å². The first-order valence-electron chi connectivity index (χ1n) is 10.4. The van der Waals surface area contributed by atoms with Crippen LogP contribution in [0.2, 0.25) is 0 Å². The van der Waals surface area contributed by atoms with Gasteiger partial charge in [-0.2, -0.15) is 0 Å². The van der Waals surface area contributed by atoms with Crippen LogP contribution in [0.5, 0.6) is 23.0 Å². The van der Waals surface area contributed by atoms with E-state index < -0.39 is 0 Å². The summed E-state index contributed by atoms with van der Waals surface area (Å²) < 4.78 is 22.3. The molecular formula is C25H25NO5. The van der Waals surface area contributed by atoms with Crippen LogP contribution in [0.25, 0.3) is 10.8 Å². The van der Waals surface area contributed by atoms with Gasteiger partial charge in [-0.3, -0.25) is 9.69 Å². The highest BCUT2D eigenvalue weighted by Gasteiger charge is 2.35. The van der Waals surface area contributed by atoms with Gasteiger partial charge < -0.3 is 18.9 Å². The minimum Gasteiger partial charge on any atom is -0.497 e. The Balaban J connectivity index is 1.49. The third-order valence-corrected chi connectivity index (χ3v) is 6.29. The first-order chi connectivity index (χ1) is 15.1. The Bertz CT molecular complexity index is 1170. The number of ketones is 1. The van der Waals surface area contributed by atoms with E-state index in [-0.39, 0.29) is 18.6 Å². The Hall–Kier alpha value is -3.25. The Kier molecular flexibility index (Phi) is 4.94. The number of carbonyl (C=O) groups excluding carboxylic acids is 1. The average Bonchev–Trinajstić information content (AvgIpc) is 3.27. The summed E-state index contributed by atoms with van der Waals surface area (Å²) in [4.78, 5) is 15.5. The molecule has 0 radical (unpaired) electrons. The van der Waals surface area contributed by atoms with Crippen molar-refractivity contribution in [1.82, 2.24) is 4.90 Å². The fraction of sp³-hybridized carbons (Fsp3) is 0.320. The number of hydrogen-bond donors (Lipinski definition) is 0. The van der Waals surface area contributed by atoms with Crippen LogP contribution in [0, 0.1) is 0 Å².